The van der Waals surface area contributed by atoms with Gasteiger partial charge in [-0.2, -0.15) is 15.0 Å². The number of nitrogens with two attached hydrogens (primary N) is 1. The van der Waals surface area contributed by atoms with E-state index in [0.29, 0.717) is 18.3 Å². The maximum absolute atomic E-state index is 9.03. The van der Waals surface area contributed by atoms with Gasteiger partial charge < -0.3 is 21.1 Å². The SMILES string of the molecule is CCC(CCO)Nc1nc(N)nc(N2CCCCC2)n1. The average Bonchev–Trinajstić information content (AvgIpc) is 2.47. The summed E-state index contributed by atoms with van der Waals surface area (Å²) < 4.78 is 0. The molecule has 0 saturated carbocycles. The molecule has 1 saturated heterocycles. The number of nitrogen functional groups attached to an aromatic ring is 1. The zero-order valence-electron chi connectivity index (χ0n) is 12.0. The van der Waals surface area contributed by atoms with Crippen LogP contribution in [0, 0.1) is 0 Å². The van der Waals surface area contributed by atoms with Gasteiger partial charge in [0.1, 0.15) is 0 Å². The predicted molar refractivity (Wildman–Crippen MR) is 79.7 cm³/mol. The van der Waals surface area contributed by atoms with E-state index in [0.717, 1.165) is 32.4 Å². The van der Waals surface area contributed by atoms with Gasteiger partial charge in [0, 0.05) is 25.7 Å². The number of anilines is 3. The second-order valence-electron chi connectivity index (χ2n) is 5.13. The standard InChI is InChI=1S/C13H24N6O/c1-2-10(6-9-20)15-12-16-11(14)17-13(18-12)19-7-4-3-5-8-19/h10,20H,2-9H2,1H3,(H3,14,15,16,17,18). The minimum Gasteiger partial charge on any atom is -0.396 e. The fraction of sp³-hybridized carbons (Fsp3) is 0.769. The Balaban J connectivity index is 2.10. The number of rotatable bonds is 6. The molecule has 0 amide bonds. The highest BCUT2D eigenvalue weighted by atomic mass is 16.3. The highest BCUT2D eigenvalue weighted by molar-refractivity contribution is 5.42. The van der Waals surface area contributed by atoms with E-state index in [1.165, 1.54) is 6.42 Å². The molecule has 0 bridgehead atoms. The number of nitrogens with zero attached hydrogens (tertiary/aromatic N) is 4. The average molecular weight is 280 g/mol. The van der Waals surface area contributed by atoms with Crippen LogP contribution in [0.3, 0.4) is 0 Å². The number of piperidine rings is 1. The Morgan fingerprint density at radius 2 is 2.00 bits per heavy atom. The monoisotopic (exact) mass is 280 g/mol. The molecule has 112 valence electrons. The first-order valence-electron chi connectivity index (χ1n) is 7.36. The van der Waals surface area contributed by atoms with E-state index in [-0.39, 0.29) is 18.6 Å². The molecule has 1 aliphatic heterocycles. The van der Waals surface area contributed by atoms with E-state index in [4.69, 9.17) is 10.8 Å². The van der Waals surface area contributed by atoms with E-state index in [9.17, 15) is 0 Å². The van der Waals surface area contributed by atoms with Crippen molar-refractivity contribution in [3.63, 3.8) is 0 Å². The number of aliphatic hydroxyl groups is 1. The minimum atomic E-state index is 0.144. The van der Waals surface area contributed by atoms with Crippen molar-refractivity contribution in [3.8, 4) is 0 Å². The van der Waals surface area contributed by atoms with E-state index >= 15 is 0 Å². The second-order valence-corrected chi connectivity index (χ2v) is 5.13. The van der Waals surface area contributed by atoms with Crippen molar-refractivity contribution in [1.29, 1.82) is 0 Å². The van der Waals surface area contributed by atoms with Gasteiger partial charge in [-0.15, -0.1) is 0 Å². The van der Waals surface area contributed by atoms with Crippen molar-refractivity contribution in [3.05, 3.63) is 0 Å². The summed E-state index contributed by atoms with van der Waals surface area (Å²) >= 11 is 0. The van der Waals surface area contributed by atoms with Gasteiger partial charge in [-0.3, -0.25) is 0 Å². The van der Waals surface area contributed by atoms with E-state index in [2.05, 4.69) is 32.1 Å². The summed E-state index contributed by atoms with van der Waals surface area (Å²) in [6.45, 7) is 4.14. The van der Waals surface area contributed by atoms with Crippen molar-refractivity contribution in [2.75, 3.05) is 35.6 Å². The molecule has 2 rings (SSSR count). The minimum absolute atomic E-state index is 0.144. The Bertz CT molecular complexity index is 421. The molecule has 7 nitrogen and oxygen atoms in total. The maximum atomic E-state index is 9.03. The molecule has 1 atom stereocenters. The lowest BCUT2D eigenvalue weighted by Crippen LogP contribution is -2.32. The highest BCUT2D eigenvalue weighted by Crippen LogP contribution is 2.18. The molecule has 2 heterocycles. The van der Waals surface area contributed by atoms with E-state index in [1.807, 2.05) is 0 Å². The van der Waals surface area contributed by atoms with Crippen LogP contribution in [0.1, 0.15) is 39.0 Å². The first kappa shape index (κ1) is 14.8. The van der Waals surface area contributed by atoms with Gasteiger partial charge in [0.15, 0.2) is 0 Å². The fourth-order valence-corrected chi connectivity index (χ4v) is 2.40. The van der Waals surface area contributed by atoms with Crippen molar-refractivity contribution in [2.45, 2.75) is 45.1 Å². The molecule has 0 aromatic carbocycles. The van der Waals surface area contributed by atoms with Crippen molar-refractivity contribution < 1.29 is 5.11 Å². The number of aliphatic hydroxyl groups excluding tert-OH is 1. The smallest absolute Gasteiger partial charge is 0.231 e. The third kappa shape index (κ3) is 3.93. The molecule has 1 aliphatic rings. The molecule has 0 aliphatic carbocycles. The van der Waals surface area contributed by atoms with Crippen molar-refractivity contribution in [2.24, 2.45) is 0 Å². The Morgan fingerprint density at radius 3 is 2.65 bits per heavy atom. The zero-order chi connectivity index (χ0) is 14.4. The van der Waals surface area contributed by atoms with Crippen molar-refractivity contribution in [1.82, 2.24) is 15.0 Å². The largest absolute Gasteiger partial charge is 0.396 e. The summed E-state index contributed by atoms with van der Waals surface area (Å²) in [6.07, 6.45) is 5.15. The molecule has 1 fully saturated rings. The van der Waals surface area contributed by atoms with Crippen molar-refractivity contribution >= 4 is 17.8 Å². The van der Waals surface area contributed by atoms with Gasteiger partial charge in [-0.1, -0.05) is 6.92 Å². The first-order valence-corrected chi connectivity index (χ1v) is 7.36. The number of nitrogens with one attached hydrogen (secondary N) is 1. The summed E-state index contributed by atoms with van der Waals surface area (Å²) in [5.41, 5.74) is 5.78. The first-order chi connectivity index (χ1) is 9.72. The topological polar surface area (TPSA) is 100 Å². The van der Waals surface area contributed by atoms with Crippen LogP contribution in [0.4, 0.5) is 17.8 Å². The third-order valence-corrected chi connectivity index (χ3v) is 3.58. The molecule has 0 radical (unpaired) electrons. The molecule has 20 heavy (non-hydrogen) atoms. The Kier molecular flexibility index (Phi) is 5.34. The highest BCUT2D eigenvalue weighted by Gasteiger charge is 2.16. The van der Waals surface area contributed by atoms with Crippen LogP contribution in [0.2, 0.25) is 0 Å². The number of hydrogen-bond donors (Lipinski definition) is 3. The van der Waals surface area contributed by atoms with E-state index < -0.39 is 0 Å². The molecule has 4 N–H and O–H groups in total. The Labute approximate surface area is 119 Å². The molecule has 1 aromatic rings. The van der Waals surface area contributed by atoms with Crippen LogP contribution in [-0.2, 0) is 0 Å². The number of hydrogen-bond acceptors (Lipinski definition) is 7. The molecule has 1 aromatic heterocycles. The van der Waals surface area contributed by atoms with Gasteiger partial charge in [-0.25, -0.2) is 0 Å². The van der Waals surface area contributed by atoms with E-state index in [1.54, 1.807) is 0 Å². The summed E-state index contributed by atoms with van der Waals surface area (Å²) in [7, 11) is 0. The molecule has 0 spiro atoms. The van der Waals surface area contributed by atoms with Gasteiger partial charge in [-0.05, 0) is 32.1 Å². The Hall–Kier alpha value is -1.63. The lowest BCUT2D eigenvalue weighted by Gasteiger charge is -2.27. The van der Waals surface area contributed by atoms with Gasteiger partial charge in [0.2, 0.25) is 17.8 Å². The van der Waals surface area contributed by atoms with Crippen LogP contribution in [0.5, 0.6) is 0 Å². The second kappa shape index (κ2) is 7.23. The summed E-state index contributed by atoms with van der Waals surface area (Å²) in [6, 6.07) is 0.149. The van der Waals surface area contributed by atoms with Gasteiger partial charge >= 0.3 is 0 Å². The zero-order valence-corrected chi connectivity index (χ0v) is 12.0. The fourth-order valence-electron chi connectivity index (χ4n) is 2.40. The molecular formula is C13H24N6O. The molecule has 7 heteroatoms. The van der Waals surface area contributed by atoms with Crippen LogP contribution in [0.15, 0.2) is 0 Å². The maximum Gasteiger partial charge on any atom is 0.231 e. The lowest BCUT2D eigenvalue weighted by molar-refractivity contribution is 0.278. The van der Waals surface area contributed by atoms with Crippen LogP contribution in [-0.4, -0.2) is 45.8 Å². The molecular weight excluding hydrogens is 256 g/mol. The normalized spacial score (nSPS) is 17.0. The van der Waals surface area contributed by atoms with Gasteiger partial charge in [0.25, 0.3) is 0 Å². The summed E-state index contributed by atoms with van der Waals surface area (Å²) in [5, 5.41) is 12.3. The number of aromatic nitrogens is 3. The van der Waals surface area contributed by atoms with Crippen LogP contribution >= 0.6 is 0 Å². The summed E-state index contributed by atoms with van der Waals surface area (Å²) in [5.74, 6) is 1.39. The predicted octanol–water partition coefficient (Wildman–Crippen LogP) is 1.02. The van der Waals surface area contributed by atoms with Crippen LogP contribution in [0.25, 0.3) is 0 Å². The van der Waals surface area contributed by atoms with Crippen LogP contribution < -0.4 is 16.0 Å². The quantitative estimate of drug-likeness (QED) is 0.715. The van der Waals surface area contributed by atoms with Gasteiger partial charge in [0.05, 0.1) is 0 Å². The Morgan fingerprint density at radius 1 is 1.25 bits per heavy atom. The third-order valence-electron chi connectivity index (χ3n) is 3.58. The lowest BCUT2D eigenvalue weighted by atomic mass is 10.1. The molecule has 1 unspecified atom stereocenters. The summed E-state index contributed by atoms with van der Waals surface area (Å²) in [4.78, 5) is 15.0.